The van der Waals surface area contributed by atoms with Gasteiger partial charge in [0.15, 0.2) is 6.10 Å². The number of hydrogen-bond donors (Lipinski definition) is 0. The summed E-state index contributed by atoms with van der Waals surface area (Å²) in [7, 11) is 0. The second-order valence-corrected chi connectivity index (χ2v) is 5.28. The normalized spacial score (nSPS) is 12.0. The summed E-state index contributed by atoms with van der Waals surface area (Å²) in [6.07, 6.45) is -0.593. The van der Waals surface area contributed by atoms with Crippen LogP contribution in [-0.2, 0) is 4.74 Å². The standard InChI is InChI=1S/C15H12N2O3S/c1-10(19-15(18)12-8-5-9-21-12)13-16-17-14(20-13)11-6-3-2-4-7-11/h2-10H,1H3/t10-/m1/s1. The number of thiophene rings is 1. The van der Waals surface area contributed by atoms with E-state index in [2.05, 4.69) is 10.2 Å². The molecule has 3 aromatic rings. The SMILES string of the molecule is C[C@@H](OC(=O)c1cccs1)c1nnc(-c2ccccc2)o1. The Kier molecular flexibility index (Phi) is 3.79. The molecule has 21 heavy (non-hydrogen) atoms. The van der Waals surface area contributed by atoms with Crippen LogP contribution in [0.15, 0.2) is 52.3 Å². The molecule has 0 saturated heterocycles. The van der Waals surface area contributed by atoms with Gasteiger partial charge in [-0.1, -0.05) is 24.3 Å². The van der Waals surface area contributed by atoms with Gasteiger partial charge in [0.25, 0.3) is 5.89 Å². The van der Waals surface area contributed by atoms with Crippen molar-refractivity contribution in [2.45, 2.75) is 13.0 Å². The summed E-state index contributed by atoms with van der Waals surface area (Å²) in [6.45, 7) is 1.70. The Morgan fingerprint density at radius 2 is 2.00 bits per heavy atom. The minimum atomic E-state index is -0.593. The third-order valence-corrected chi connectivity index (χ3v) is 3.67. The first-order valence-corrected chi connectivity index (χ1v) is 7.25. The van der Waals surface area contributed by atoms with Crippen molar-refractivity contribution in [2.24, 2.45) is 0 Å². The average Bonchev–Trinajstić information content (AvgIpc) is 3.20. The first kappa shape index (κ1) is 13.5. The molecule has 0 unspecified atom stereocenters. The van der Waals surface area contributed by atoms with Gasteiger partial charge in [0.1, 0.15) is 4.88 Å². The van der Waals surface area contributed by atoms with Gasteiger partial charge in [-0.2, -0.15) is 0 Å². The summed E-state index contributed by atoms with van der Waals surface area (Å²) in [5, 5.41) is 9.73. The molecular formula is C15H12N2O3S. The molecule has 106 valence electrons. The highest BCUT2D eigenvalue weighted by Crippen LogP contribution is 2.23. The maximum atomic E-state index is 11.9. The van der Waals surface area contributed by atoms with Gasteiger partial charge in [0, 0.05) is 5.56 Å². The van der Waals surface area contributed by atoms with Crippen LogP contribution in [0.25, 0.3) is 11.5 Å². The van der Waals surface area contributed by atoms with Crippen LogP contribution in [0.4, 0.5) is 0 Å². The van der Waals surface area contributed by atoms with E-state index in [4.69, 9.17) is 9.15 Å². The number of carbonyl (C=O) groups excluding carboxylic acids is 1. The van der Waals surface area contributed by atoms with Gasteiger partial charge >= 0.3 is 5.97 Å². The molecule has 6 heteroatoms. The molecule has 0 amide bonds. The van der Waals surface area contributed by atoms with Gasteiger partial charge in [-0.25, -0.2) is 4.79 Å². The van der Waals surface area contributed by atoms with E-state index in [-0.39, 0.29) is 5.89 Å². The molecule has 0 saturated carbocycles. The van der Waals surface area contributed by atoms with Crippen LogP contribution in [0.2, 0.25) is 0 Å². The van der Waals surface area contributed by atoms with Crippen molar-refractivity contribution in [1.82, 2.24) is 10.2 Å². The van der Waals surface area contributed by atoms with Crippen molar-refractivity contribution >= 4 is 17.3 Å². The van der Waals surface area contributed by atoms with Crippen LogP contribution in [0.3, 0.4) is 0 Å². The zero-order chi connectivity index (χ0) is 14.7. The van der Waals surface area contributed by atoms with Gasteiger partial charge < -0.3 is 9.15 Å². The van der Waals surface area contributed by atoms with Gasteiger partial charge in [0.2, 0.25) is 5.89 Å². The zero-order valence-electron chi connectivity index (χ0n) is 11.2. The highest BCUT2D eigenvalue weighted by molar-refractivity contribution is 7.11. The highest BCUT2D eigenvalue weighted by Gasteiger charge is 2.20. The lowest BCUT2D eigenvalue weighted by Crippen LogP contribution is -2.08. The summed E-state index contributed by atoms with van der Waals surface area (Å²) in [5.74, 6) is 0.292. The lowest BCUT2D eigenvalue weighted by Gasteiger charge is -2.07. The smallest absolute Gasteiger partial charge is 0.349 e. The Morgan fingerprint density at radius 1 is 1.19 bits per heavy atom. The van der Waals surface area contributed by atoms with E-state index in [9.17, 15) is 4.79 Å². The lowest BCUT2D eigenvalue weighted by atomic mass is 10.2. The van der Waals surface area contributed by atoms with Crippen molar-refractivity contribution in [2.75, 3.05) is 0 Å². The van der Waals surface area contributed by atoms with E-state index in [0.29, 0.717) is 10.8 Å². The molecule has 2 heterocycles. The second-order valence-electron chi connectivity index (χ2n) is 4.34. The third-order valence-electron chi connectivity index (χ3n) is 2.82. The van der Waals surface area contributed by atoms with Crippen LogP contribution in [0, 0.1) is 0 Å². The Morgan fingerprint density at radius 3 is 2.71 bits per heavy atom. The molecule has 0 aliphatic rings. The van der Waals surface area contributed by atoms with Crippen molar-refractivity contribution in [3.8, 4) is 11.5 Å². The predicted molar refractivity (Wildman–Crippen MR) is 77.9 cm³/mol. The third kappa shape index (κ3) is 3.00. The quantitative estimate of drug-likeness (QED) is 0.687. The number of benzene rings is 1. The number of ether oxygens (including phenoxy) is 1. The van der Waals surface area contributed by atoms with E-state index in [1.807, 2.05) is 35.7 Å². The molecular weight excluding hydrogens is 288 g/mol. The van der Waals surface area contributed by atoms with Crippen LogP contribution in [0.5, 0.6) is 0 Å². The van der Waals surface area contributed by atoms with Crippen LogP contribution < -0.4 is 0 Å². The molecule has 1 aromatic carbocycles. The predicted octanol–water partition coefficient (Wildman–Crippen LogP) is 3.72. The molecule has 0 spiro atoms. The molecule has 2 aromatic heterocycles. The Hall–Kier alpha value is -2.47. The second kappa shape index (κ2) is 5.88. The molecule has 5 nitrogen and oxygen atoms in total. The first-order chi connectivity index (χ1) is 10.2. The molecule has 0 bridgehead atoms. The molecule has 1 atom stereocenters. The van der Waals surface area contributed by atoms with Gasteiger partial charge in [-0.05, 0) is 30.5 Å². The summed E-state index contributed by atoms with van der Waals surface area (Å²) in [6, 6.07) is 12.9. The monoisotopic (exact) mass is 300 g/mol. The topological polar surface area (TPSA) is 65.2 Å². The lowest BCUT2D eigenvalue weighted by molar-refractivity contribution is 0.0285. The molecule has 0 N–H and O–H groups in total. The largest absolute Gasteiger partial charge is 0.448 e. The molecule has 3 rings (SSSR count). The van der Waals surface area contributed by atoms with Crippen LogP contribution >= 0.6 is 11.3 Å². The van der Waals surface area contributed by atoms with Crippen LogP contribution in [-0.4, -0.2) is 16.2 Å². The summed E-state index contributed by atoms with van der Waals surface area (Å²) in [4.78, 5) is 12.4. The van der Waals surface area contributed by atoms with E-state index >= 15 is 0 Å². The average molecular weight is 300 g/mol. The highest BCUT2D eigenvalue weighted by atomic mass is 32.1. The fourth-order valence-electron chi connectivity index (χ4n) is 1.76. The van der Waals surface area contributed by atoms with E-state index in [1.165, 1.54) is 11.3 Å². The number of aromatic nitrogens is 2. The maximum absolute atomic E-state index is 11.9. The van der Waals surface area contributed by atoms with Crippen LogP contribution in [0.1, 0.15) is 28.6 Å². The number of rotatable bonds is 4. The number of hydrogen-bond acceptors (Lipinski definition) is 6. The van der Waals surface area contributed by atoms with E-state index < -0.39 is 12.1 Å². The minimum Gasteiger partial charge on any atom is -0.448 e. The van der Waals surface area contributed by atoms with Crippen molar-refractivity contribution in [3.05, 3.63) is 58.6 Å². The van der Waals surface area contributed by atoms with Crippen molar-refractivity contribution < 1.29 is 13.9 Å². The Bertz CT molecular complexity index is 722. The maximum Gasteiger partial charge on any atom is 0.349 e. The summed E-state index contributed by atoms with van der Waals surface area (Å²) < 4.78 is 10.9. The molecule has 0 fully saturated rings. The van der Waals surface area contributed by atoms with E-state index in [1.54, 1.807) is 19.1 Å². The van der Waals surface area contributed by atoms with Gasteiger partial charge in [-0.3, -0.25) is 0 Å². The Labute approximate surface area is 125 Å². The van der Waals surface area contributed by atoms with Crippen molar-refractivity contribution in [1.29, 1.82) is 0 Å². The molecule has 0 radical (unpaired) electrons. The summed E-state index contributed by atoms with van der Waals surface area (Å²) >= 11 is 1.33. The first-order valence-electron chi connectivity index (χ1n) is 6.37. The minimum absolute atomic E-state index is 0.277. The number of carbonyl (C=O) groups is 1. The van der Waals surface area contributed by atoms with Crippen molar-refractivity contribution in [3.63, 3.8) is 0 Å². The fourth-order valence-corrected chi connectivity index (χ4v) is 2.37. The van der Waals surface area contributed by atoms with Gasteiger partial charge in [0.05, 0.1) is 0 Å². The Balaban J connectivity index is 1.73. The summed E-state index contributed by atoms with van der Waals surface area (Å²) in [5.41, 5.74) is 0.827. The van der Waals surface area contributed by atoms with E-state index in [0.717, 1.165) is 5.56 Å². The molecule has 0 aliphatic heterocycles. The zero-order valence-corrected chi connectivity index (χ0v) is 12.0. The molecule has 0 aliphatic carbocycles. The number of esters is 1. The van der Waals surface area contributed by atoms with Gasteiger partial charge in [-0.15, -0.1) is 21.5 Å². The fraction of sp³-hybridized carbons (Fsp3) is 0.133. The number of nitrogens with zero attached hydrogens (tertiary/aromatic N) is 2.